The van der Waals surface area contributed by atoms with Gasteiger partial charge in [0, 0.05) is 12.2 Å². The van der Waals surface area contributed by atoms with Gasteiger partial charge in [-0.1, -0.05) is 25.7 Å². The van der Waals surface area contributed by atoms with E-state index < -0.39 is 0 Å². The number of hydrogen-bond acceptors (Lipinski definition) is 2. The fourth-order valence-corrected chi connectivity index (χ4v) is 2.54. The Balaban J connectivity index is 1.72. The molecule has 0 saturated heterocycles. The Bertz CT molecular complexity index is 402. The lowest BCUT2D eigenvalue weighted by molar-refractivity contribution is 0.529. The van der Waals surface area contributed by atoms with Crippen LogP contribution in [0.5, 0.6) is 0 Å². The van der Waals surface area contributed by atoms with Gasteiger partial charge in [-0.3, -0.25) is 9.67 Å². The minimum atomic E-state index is 0.512. The Morgan fingerprint density at radius 2 is 2.16 bits per heavy atom. The Kier molecular flexibility index (Phi) is 5.24. The lowest BCUT2D eigenvalue weighted by Crippen LogP contribution is -2.40. The summed E-state index contributed by atoms with van der Waals surface area (Å²) < 4.78 is 1.90. The number of aliphatic imine (C=N–C) groups is 1. The molecule has 1 heterocycles. The molecule has 0 bridgehead atoms. The number of nitrogens with zero attached hydrogens (tertiary/aromatic N) is 3. The minimum absolute atomic E-state index is 0.512. The van der Waals surface area contributed by atoms with E-state index in [-0.39, 0.29) is 0 Å². The van der Waals surface area contributed by atoms with E-state index in [2.05, 4.69) is 15.4 Å². The van der Waals surface area contributed by atoms with Crippen molar-refractivity contribution >= 4 is 5.96 Å². The van der Waals surface area contributed by atoms with Crippen LogP contribution in [-0.2, 0) is 6.54 Å². The van der Waals surface area contributed by atoms with E-state index in [9.17, 15) is 0 Å². The summed E-state index contributed by atoms with van der Waals surface area (Å²) >= 11 is 0. The zero-order valence-corrected chi connectivity index (χ0v) is 11.8. The molecule has 1 fully saturated rings. The van der Waals surface area contributed by atoms with Crippen molar-refractivity contribution in [2.24, 2.45) is 10.7 Å². The topological polar surface area (TPSA) is 68.2 Å². The number of hydrogen-bond donors (Lipinski definition) is 2. The van der Waals surface area contributed by atoms with Crippen LogP contribution in [0.15, 0.2) is 17.4 Å². The van der Waals surface area contributed by atoms with Crippen LogP contribution in [0, 0.1) is 6.92 Å². The molecular weight excluding hydrogens is 238 g/mol. The van der Waals surface area contributed by atoms with Crippen molar-refractivity contribution in [3.63, 3.8) is 0 Å². The first-order valence-corrected chi connectivity index (χ1v) is 7.29. The molecule has 1 aliphatic rings. The van der Waals surface area contributed by atoms with Crippen molar-refractivity contribution in [1.82, 2.24) is 15.1 Å². The zero-order chi connectivity index (χ0) is 13.5. The van der Waals surface area contributed by atoms with Gasteiger partial charge in [0.05, 0.1) is 19.3 Å². The van der Waals surface area contributed by atoms with Crippen molar-refractivity contribution in [1.29, 1.82) is 0 Å². The standard InChI is InChI=1S/C14H25N5/c1-12-10-17-19(11-12)9-8-16-14(15)18-13-6-4-2-3-5-7-13/h10-11,13H,2-9H2,1H3,(H3,15,16,18). The molecule has 1 aromatic heterocycles. The van der Waals surface area contributed by atoms with E-state index in [1.165, 1.54) is 44.1 Å². The van der Waals surface area contributed by atoms with Gasteiger partial charge in [0.25, 0.3) is 0 Å². The molecule has 0 spiro atoms. The largest absolute Gasteiger partial charge is 0.370 e. The lowest BCUT2D eigenvalue weighted by Gasteiger charge is -2.16. The normalized spacial score (nSPS) is 18.3. The van der Waals surface area contributed by atoms with E-state index in [4.69, 9.17) is 5.73 Å². The maximum absolute atomic E-state index is 5.93. The van der Waals surface area contributed by atoms with Gasteiger partial charge in [0.15, 0.2) is 5.96 Å². The molecule has 0 radical (unpaired) electrons. The first-order valence-electron chi connectivity index (χ1n) is 7.29. The predicted molar refractivity (Wildman–Crippen MR) is 78.1 cm³/mol. The molecule has 1 saturated carbocycles. The van der Waals surface area contributed by atoms with Crippen molar-refractivity contribution in [2.45, 2.75) is 58.0 Å². The van der Waals surface area contributed by atoms with Gasteiger partial charge in [0.1, 0.15) is 0 Å². The van der Waals surface area contributed by atoms with Gasteiger partial charge in [0.2, 0.25) is 0 Å². The summed E-state index contributed by atoms with van der Waals surface area (Å²) in [5, 5.41) is 7.58. The van der Waals surface area contributed by atoms with Crippen molar-refractivity contribution in [3.05, 3.63) is 18.0 Å². The van der Waals surface area contributed by atoms with Gasteiger partial charge < -0.3 is 11.1 Å². The van der Waals surface area contributed by atoms with E-state index in [1.807, 2.05) is 24.0 Å². The minimum Gasteiger partial charge on any atom is -0.370 e. The third-order valence-electron chi connectivity index (χ3n) is 3.58. The maximum atomic E-state index is 5.93. The van der Waals surface area contributed by atoms with E-state index in [0.29, 0.717) is 18.5 Å². The first kappa shape index (κ1) is 13.9. The van der Waals surface area contributed by atoms with Crippen LogP contribution < -0.4 is 11.1 Å². The molecule has 0 atom stereocenters. The van der Waals surface area contributed by atoms with Crippen molar-refractivity contribution in [2.75, 3.05) is 6.54 Å². The highest BCUT2D eigenvalue weighted by Crippen LogP contribution is 2.16. The molecular formula is C14H25N5. The molecule has 5 nitrogen and oxygen atoms in total. The Hall–Kier alpha value is -1.52. The second-order valence-electron chi connectivity index (χ2n) is 5.38. The Morgan fingerprint density at radius 1 is 1.42 bits per heavy atom. The summed E-state index contributed by atoms with van der Waals surface area (Å²) in [6.07, 6.45) is 11.6. The summed E-state index contributed by atoms with van der Waals surface area (Å²) in [6.45, 7) is 3.49. The van der Waals surface area contributed by atoms with Gasteiger partial charge in [-0.15, -0.1) is 0 Å². The van der Waals surface area contributed by atoms with Crippen molar-refractivity contribution < 1.29 is 0 Å². The SMILES string of the molecule is Cc1cnn(CCN=C(N)NC2CCCCCC2)c1. The highest BCUT2D eigenvalue weighted by atomic mass is 15.3. The number of aromatic nitrogens is 2. The first-order chi connectivity index (χ1) is 9.24. The number of nitrogens with one attached hydrogen (secondary N) is 1. The smallest absolute Gasteiger partial charge is 0.188 e. The summed E-state index contributed by atoms with van der Waals surface area (Å²) in [5.74, 6) is 0.579. The molecule has 0 amide bonds. The number of rotatable bonds is 4. The van der Waals surface area contributed by atoms with Crippen LogP contribution in [0.4, 0.5) is 0 Å². The predicted octanol–water partition coefficient (Wildman–Crippen LogP) is 1.82. The average Bonchev–Trinajstić information content (AvgIpc) is 2.63. The number of guanidine groups is 1. The van der Waals surface area contributed by atoms with Crippen LogP contribution in [-0.4, -0.2) is 28.3 Å². The van der Waals surface area contributed by atoms with Crippen LogP contribution in [0.1, 0.15) is 44.1 Å². The molecule has 0 aliphatic heterocycles. The molecule has 1 aromatic rings. The molecule has 2 rings (SSSR count). The van der Waals surface area contributed by atoms with Gasteiger partial charge in [-0.2, -0.15) is 5.10 Å². The van der Waals surface area contributed by atoms with Gasteiger partial charge >= 0.3 is 0 Å². The Morgan fingerprint density at radius 3 is 2.79 bits per heavy atom. The molecule has 3 N–H and O–H groups in total. The summed E-state index contributed by atoms with van der Waals surface area (Å²) in [5.41, 5.74) is 7.11. The molecule has 5 heteroatoms. The van der Waals surface area contributed by atoms with E-state index >= 15 is 0 Å². The molecule has 0 aromatic carbocycles. The maximum Gasteiger partial charge on any atom is 0.188 e. The summed E-state index contributed by atoms with van der Waals surface area (Å²) in [7, 11) is 0. The van der Waals surface area contributed by atoms with Crippen molar-refractivity contribution in [3.8, 4) is 0 Å². The molecule has 1 aliphatic carbocycles. The molecule has 19 heavy (non-hydrogen) atoms. The fraction of sp³-hybridized carbons (Fsp3) is 0.714. The molecule has 106 valence electrons. The number of nitrogens with two attached hydrogens (primary N) is 1. The van der Waals surface area contributed by atoms with Crippen LogP contribution in [0.3, 0.4) is 0 Å². The second kappa shape index (κ2) is 7.16. The number of aryl methyl sites for hydroxylation is 1. The lowest BCUT2D eigenvalue weighted by atomic mass is 10.1. The fourth-order valence-electron chi connectivity index (χ4n) is 2.54. The second-order valence-corrected chi connectivity index (χ2v) is 5.38. The van der Waals surface area contributed by atoms with E-state index in [0.717, 1.165) is 6.54 Å². The van der Waals surface area contributed by atoms with Crippen LogP contribution in [0.2, 0.25) is 0 Å². The zero-order valence-electron chi connectivity index (χ0n) is 11.8. The molecule has 0 unspecified atom stereocenters. The van der Waals surface area contributed by atoms with E-state index in [1.54, 1.807) is 0 Å². The van der Waals surface area contributed by atoms with Crippen LogP contribution in [0.25, 0.3) is 0 Å². The summed E-state index contributed by atoms with van der Waals surface area (Å²) in [4.78, 5) is 4.38. The van der Waals surface area contributed by atoms with Crippen LogP contribution >= 0.6 is 0 Å². The highest BCUT2D eigenvalue weighted by molar-refractivity contribution is 5.78. The third-order valence-corrected chi connectivity index (χ3v) is 3.58. The average molecular weight is 263 g/mol. The van der Waals surface area contributed by atoms with Gasteiger partial charge in [-0.25, -0.2) is 0 Å². The van der Waals surface area contributed by atoms with Gasteiger partial charge in [-0.05, 0) is 25.3 Å². The quantitative estimate of drug-likeness (QED) is 0.494. The third kappa shape index (κ3) is 4.93. The summed E-state index contributed by atoms with van der Waals surface area (Å²) in [6, 6.07) is 0.512. The Labute approximate surface area is 115 Å². The highest BCUT2D eigenvalue weighted by Gasteiger charge is 2.11. The monoisotopic (exact) mass is 263 g/mol.